The molecule has 95 valence electrons. The molecule has 0 N–H and O–H groups in total. The average Bonchev–Trinajstić information content (AvgIpc) is 2.45. The van der Waals surface area contributed by atoms with Crippen LogP contribution in [0, 0.1) is 0 Å². The normalized spacial score (nSPS) is 16.4. The molecule has 2 nitrogen and oxygen atoms in total. The first-order valence-corrected chi connectivity index (χ1v) is 10.2. The molecule has 0 bridgehead atoms. The van der Waals surface area contributed by atoms with Crippen LogP contribution in [0.15, 0.2) is 12.4 Å². The second-order valence-electron chi connectivity index (χ2n) is 3.15. The van der Waals surface area contributed by atoms with Gasteiger partial charge >= 0.3 is 49.6 Å². The van der Waals surface area contributed by atoms with Gasteiger partial charge in [-0.25, -0.2) is 0 Å². The van der Waals surface area contributed by atoms with Crippen LogP contribution in [0.1, 0.15) is 19.8 Å². The molecule has 1 aliphatic heterocycles. The van der Waals surface area contributed by atoms with Gasteiger partial charge < -0.3 is 9.80 Å². The van der Waals surface area contributed by atoms with Crippen molar-refractivity contribution in [3.63, 3.8) is 0 Å². The van der Waals surface area contributed by atoms with Gasteiger partial charge in [-0.15, -0.1) is 0 Å². The minimum absolute atomic E-state index is 1.07. The summed E-state index contributed by atoms with van der Waals surface area (Å²) in [5.74, 6) is 0. The van der Waals surface area contributed by atoms with Gasteiger partial charge in [-0.1, -0.05) is 13.3 Å². The van der Waals surface area contributed by atoms with Crippen molar-refractivity contribution in [2.24, 2.45) is 0 Å². The number of halogens is 4. The first-order chi connectivity index (χ1) is 6.83. The van der Waals surface area contributed by atoms with Crippen molar-refractivity contribution in [2.75, 3.05) is 20.3 Å². The fourth-order valence-electron chi connectivity index (χ4n) is 1.10. The molecule has 0 amide bonds. The molecule has 0 radical (unpaired) electrons. The third kappa shape index (κ3) is 12.9. The number of unbranched alkanes of at least 4 members (excludes halogenated alkanes) is 1. The Kier molecular flexibility index (Phi) is 8.70. The molecule has 0 aliphatic carbocycles. The molecule has 0 aromatic carbocycles. The van der Waals surface area contributed by atoms with E-state index < -0.39 is 9.01 Å². The maximum absolute atomic E-state index is 4.94. The summed E-state index contributed by atoms with van der Waals surface area (Å²) in [4.78, 5) is 4.53. The second kappa shape index (κ2) is 8.15. The van der Waals surface area contributed by atoms with E-state index >= 15 is 0 Å². The number of hydrogen-bond acceptors (Lipinski definition) is 2. The molecule has 0 saturated carbocycles. The van der Waals surface area contributed by atoms with Crippen molar-refractivity contribution in [1.29, 1.82) is 0 Å². The zero-order valence-electron chi connectivity index (χ0n) is 8.72. The summed E-state index contributed by atoms with van der Waals surface area (Å²) in [5, 5.41) is 0. The standard InChI is InChI=1S/C8H16N2.4ClH.Co/c1-3-4-5-10-7-6-9(2)8-10;;;;;/h6-7H,3-5,8H2,1-2H3;4*1H;/q;;;;;+4/p-4. The quantitative estimate of drug-likeness (QED) is 0.759. The van der Waals surface area contributed by atoms with Gasteiger partial charge in [0, 0.05) is 26.0 Å². The topological polar surface area (TPSA) is 6.48 Å². The molecule has 0 aromatic heterocycles. The van der Waals surface area contributed by atoms with Crippen molar-refractivity contribution in [3.8, 4) is 0 Å². The van der Waals surface area contributed by atoms with E-state index in [1.165, 1.54) is 19.4 Å². The zero-order chi connectivity index (χ0) is 11.9. The van der Waals surface area contributed by atoms with Crippen molar-refractivity contribution in [2.45, 2.75) is 19.8 Å². The molecule has 0 spiro atoms. The molecule has 1 heterocycles. The van der Waals surface area contributed by atoms with Crippen LogP contribution in [-0.4, -0.2) is 30.1 Å². The molecule has 0 aromatic rings. The fraction of sp³-hybridized carbons (Fsp3) is 0.750. The molecule has 15 heavy (non-hydrogen) atoms. The Bertz CT molecular complexity index is 190. The predicted octanol–water partition coefficient (Wildman–Crippen LogP) is 4.22. The van der Waals surface area contributed by atoms with E-state index in [0.717, 1.165) is 6.67 Å². The van der Waals surface area contributed by atoms with Gasteiger partial charge in [-0.2, -0.15) is 0 Å². The third-order valence-electron chi connectivity index (χ3n) is 1.74. The van der Waals surface area contributed by atoms with Crippen LogP contribution >= 0.6 is 40.6 Å². The van der Waals surface area contributed by atoms with E-state index in [2.05, 4.69) is 36.2 Å². The maximum atomic E-state index is 4.94. The Hall–Kier alpha value is 1.01. The molecule has 0 unspecified atom stereocenters. The van der Waals surface area contributed by atoms with Crippen LogP contribution < -0.4 is 0 Å². The Labute approximate surface area is 111 Å². The zero-order valence-corrected chi connectivity index (χ0v) is 12.8. The monoisotopic (exact) mass is 339 g/mol. The van der Waals surface area contributed by atoms with E-state index in [1.54, 1.807) is 0 Å². The van der Waals surface area contributed by atoms with Crippen molar-refractivity contribution < 1.29 is 9.01 Å². The molecule has 1 aliphatic rings. The summed E-state index contributed by atoms with van der Waals surface area (Å²) in [7, 11) is 19.4. The average molecular weight is 341 g/mol. The molecule has 1 rings (SSSR count). The van der Waals surface area contributed by atoms with Gasteiger partial charge in [0.15, 0.2) is 0 Å². The van der Waals surface area contributed by atoms with Gasteiger partial charge in [0.1, 0.15) is 0 Å². The summed E-state index contributed by atoms with van der Waals surface area (Å²) in [6, 6.07) is 0. The summed E-state index contributed by atoms with van der Waals surface area (Å²) in [6.07, 6.45) is 6.87. The van der Waals surface area contributed by atoms with Gasteiger partial charge in [0.05, 0.1) is 6.67 Å². The first kappa shape index (κ1) is 16.0. The van der Waals surface area contributed by atoms with E-state index in [0.29, 0.717) is 0 Å². The van der Waals surface area contributed by atoms with E-state index in [4.69, 9.17) is 40.6 Å². The Morgan fingerprint density at radius 1 is 1.20 bits per heavy atom. The van der Waals surface area contributed by atoms with E-state index in [1.807, 2.05) is 0 Å². The van der Waals surface area contributed by atoms with Crippen molar-refractivity contribution in [3.05, 3.63) is 12.4 Å². The summed E-state index contributed by atoms with van der Waals surface area (Å²) in [5.41, 5.74) is 0. The fourth-order valence-corrected chi connectivity index (χ4v) is 1.10. The minimum atomic E-state index is -2.49. The molecule has 7 heteroatoms. The van der Waals surface area contributed by atoms with Gasteiger partial charge in [-0.3, -0.25) is 0 Å². The van der Waals surface area contributed by atoms with E-state index in [-0.39, 0.29) is 0 Å². The van der Waals surface area contributed by atoms with Gasteiger partial charge in [0.25, 0.3) is 0 Å². The molecular weight excluding hydrogens is 325 g/mol. The van der Waals surface area contributed by atoms with Crippen LogP contribution in [0.25, 0.3) is 0 Å². The predicted molar refractivity (Wildman–Crippen MR) is 66.8 cm³/mol. The second-order valence-corrected chi connectivity index (χ2v) is 13.5. The molecule has 0 atom stereocenters. The van der Waals surface area contributed by atoms with Gasteiger partial charge in [0.2, 0.25) is 0 Å². The SMILES string of the molecule is CCCCN1C=CN(C)C1.[Cl][Co]([Cl])([Cl])[Cl]. The van der Waals surface area contributed by atoms with Crippen LogP contribution in [-0.2, 0) is 9.01 Å². The summed E-state index contributed by atoms with van der Waals surface area (Å²) in [6.45, 7) is 4.50. The first-order valence-electron chi connectivity index (χ1n) is 4.46. The summed E-state index contributed by atoms with van der Waals surface area (Å²) >= 11 is 0. The van der Waals surface area contributed by atoms with Crippen LogP contribution in [0.4, 0.5) is 0 Å². The Morgan fingerprint density at radius 3 is 2.07 bits per heavy atom. The molecule has 0 saturated heterocycles. The van der Waals surface area contributed by atoms with Crippen LogP contribution in [0.5, 0.6) is 0 Å². The van der Waals surface area contributed by atoms with Crippen LogP contribution in [0.2, 0.25) is 0 Å². The van der Waals surface area contributed by atoms with Crippen molar-refractivity contribution in [1.82, 2.24) is 9.80 Å². The Morgan fingerprint density at radius 2 is 1.73 bits per heavy atom. The molecule has 0 fully saturated rings. The summed E-state index contributed by atoms with van der Waals surface area (Å²) < 4.78 is 0. The number of nitrogens with zero attached hydrogens (tertiary/aromatic N) is 2. The third-order valence-corrected chi connectivity index (χ3v) is 1.74. The van der Waals surface area contributed by atoms with Gasteiger partial charge in [-0.05, 0) is 6.42 Å². The van der Waals surface area contributed by atoms with E-state index in [9.17, 15) is 0 Å². The van der Waals surface area contributed by atoms with Crippen LogP contribution in [0.3, 0.4) is 0 Å². The Balaban J connectivity index is 0.000000336. The molecular formula is C8H16Cl4CoN2. The number of rotatable bonds is 3. The van der Waals surface area contributed by atoms with Crippen molar-refractivity contribution >= 4 is 40.6 Å². The number of hydrogen-bond donors (Lipinski definition) is 0.